The maximum atomic E-state index is 9.64. The summed E-state index contributed by atoms with van der Waals surface area (Å²) in [7, 11) is 0. The SMILES string of the molecule is CCOC(C)COC=O. The Labute approximate surface area is 55.0 Å². The molecule has 0 aliphatic heterocycles. The monoisotopic (exact) mass is 132 g/mol. The lowest BCUT2D eigenvalue weighted by molar-refractivity contribution is -0.132. The van der Waals surface area contributed by atoms with Crippen LogP contribution in [0.3, 0.4) is 0 Å². The van der Waals surface area contributed by atoms with E-state index in [1.54, 1.807) is 0 Å². The van der Waals surface area contributed by atoms with E-state index in [2.05, 4.69) is 4.74 Å². The first-order valence-corrected chi connectivity index (χ1v) is 2.98. The second kappa shape index (κ2) is 5.56. The third kappa shape index (κ3) is 5.30. The van der Waals surface area contributed by atoms with E-state index in [9.17, 15) is 4.79 Å². The molecule has 0 fully saturated rings. The van der Waals surface area contributed by atoms with E-state index in [0.29, 0.717) is 19.7 Å². The second-order valence-corrected chi connectivity index (χ2v) is 1.70. The Hall–Kier alpha value is -0.570. The highest BCUT2D eigenvalue weighted by Gasteiger charge is 1.98. The van der Waals surface area contributed by atoms with Crippen molar-refractivity contribution in [2.45, 2.75) is 20.0 Å². The van der Waals surface area contributed by atoms with Crippen molar-refractivity contribution >= 4 is 6.47 Å². The second-order valence-electron chi connectivity index (χ2n) is 1.70. The van der Waals surface area contributed by atoms with E-state index >= 15 is 0 Å². The number of hydrogen-bond donors (Lipinski definition) is 0. The molecule has 0 spiro atoms. The van der Waals surface area contributed by atoms with Crippen molar-refractivity contribution in [3.63, 3.8) is 0 Å². The first-order valence-electron chi connectivity index (χ1n) is 2.98. The van der Waals surface area contributed by atoms with Crippen molar-refractivity contribution in [2.24, 2.45) is 0 Å². The molecule has 3 nitrogen and oxygen atoms in total. The summed E-state index contributed by atoms with van der Waals surface area (Å²) in [5.74, 6) is 0. The average molecular weight is 132 g/mol. The van der Waals surface area contributed by atoms with Gasteiger partial charge in [0.1, 0.15) is 6.61 Å². The number of hydrogen-bond acceptors (Lipinski definition) is 3. The number of ether oxygens (including phenoxy) is 2. The fourth-order valence-electron chi connectivity index (χ4n) is 0.507. The molecular weight excluding hydrogens is 120 g/mol. The van der Waals surface area contributed by atoms with Gasteiger partial charge in [-0.15, -0.1) is 0 Å². The molecular formula is C6H12O3. The predicted octanol–water partition coefficient (Wildman–Crippen LogP) is 0.584. The van der Waals surface area contributed by atoms with E-state index < -0.39 is 0 Å². The van der Waals surface area contributed by atoms with Crippen LogP contribution in [0.25, 0.3) is 0 Å². The van der Waals surface area contributed by atoms with Gasteiger partial charge in [0.15, 0.2) is 0 Å². The van der Waals surface area contributed by atoms with Crippen LogP contribution in [0.2, 0.25) is 0 Å². The lowest BCUT2D eigenvalue weighted by Crippen LogP contribution is -2.14. The van der Waals surface area contributed by atoms with Crippen LogP contribution in [0, 0.1) is 0 Å². The van der Waals surface area contributed by atoms with Crippen LogP contribution >= 0.6 is 0 Å². The number of rotatable bonds is 5. The van der Waals surface area contributed by atoms with Gasteiger partial charge in [0.05, 0.1) is 6.10 Å². The fourth-order valence-corrected chi connectivity index (χ4v) is 0.507. The van der Waals surface area contributed by atoms with Gasteiger partial charge in [0, 0.05) is 6.61 Å². The van der Waals surface area contributed by atoms with Crippen molar-refractivity contribution in [2.75, 3.05) is 13.2 Å². The van der Waals surface area contributed by atoms with Crippen LogP contribution in [0.5, 0.6) is 0 Å². The van der Waals surface area contributed by atoms with Crippen LogP contribution in [0.1, 0.15) is 13.8 Å². The van der Waals surface area contributed by atoms with Crippen LogP contribution in [-0.2, 0) is 14.3 Å². The van der Waals surface area contributed by atoms with Crippen molar-refractivity contribution in [1.82, 2.24) is 0 Å². The fraction of sp³-hybridized carbons (Fsp3) is 0.833. The molecule has 3 heteroatoms. The van der Waals surface area contributed by atoms with Gasteiger partial charge in [-0.25, -0.2) is 0 Å². The Kier molecular flexibility index (Phi) is 5.21. The minimum absolute atomic E-state index is 0.0141. The Balaban J connectivity index is 3.04. The Morgan fingerprint density at radius 3 is 2.78 bits per heavy atom. The van der Waals surface area contributed by atoms with Gasteiger partial charge in [0.2, 0.25) is 0 Å². The largest absolute Gasteiger partial charge is 0.465 e. The zero-order chi connectivity index (χ0) is 7.11. The van der Waals surface area contributed by atoms with Crippen LogP contribution < -0.4 is 0 Å². The van der Waals surface area contributed by atoms with E-state index in [1.165, 1.54) is 0 Å². The van der Waals surface area contributed by atoms with E-state index in [0.717, 1.165) is 0 Å². The molecule has 0 aliphatic rings. The van der Waals surface area contributed by atoms with E-state index in [-0.39, 0.29) is 6.10 Å². The van der Waals surface area contributed by atoms with Crippen molar-refractivity contribution in [1.29, 1.82) is 0 Å². The highest BCUT2D eigenvalue weighted by molar-refractivity contribution is 5.36. The van der Waals surface area contributed by atoms with Gasteiger partial charge in [0.25, 0.3) is 6.47 Å². The summed E-state index contributed by atoms with van der Waals surface area (Å²) >= 11 is 0. The Morgan fingerprint density at radius 2 is 2.33 bits per heavy atom. The Morgan fingerprint density at radius 1 is 1.67 bits per heavy atom. The quantitative estimate of drug-likeness (QED) is 0.513. The van der Waals surface area contributed by atoms with Crippen molar-refractivity contribution < 1.29 is 14.3 Å². The van der Waals surface area contributed by atoms with Crippen LogP contribution in [0.15, 0.2) is 0 Å². The Bertz CT molecular complexity index is 72.7. The first-order chi connectivity index (χ1) is 4.31. The topological polar surface area (TPSA) is 35.5 Å². The van der Waals surface area contributed by atoms with Gasteiger partial charge < -0.3 is 9.47 Å². The molecule has 0 radical (unpaired) electrons. The summed E-state index contributed by atoms with van der Waals surface area (Å²) < 4.78 is 9.50. The van der Waals surface area contributed by atoms with Crippen LogP contribution in [0.4, 0.5) is 0 Å². The summed E-state index contributed by atoms with van der Waals surface area (Å²) in [4.78, 5) is 9.64. The molecule has 54 valence electrons. The summed E-state index contributed by atoms with van der Waals surface area (Å²) in [6.07, 6.45) is 0.0141. The average Bonchev–Trinajstić information content (AvgIpc) is 1.85. The van der Waals surface area contributed by atoms with Crippen molar-refractivity contribution in [3.05, 3.63) is 0 Å². The predicted molar refractivity (Wildman–Crippen MR) is 33.1 cm³/mol. The number of carbonyl (C=O) groups is 1. The van der Waals surface area contributed by atoms with Crippen LogP contribution in [-0.4, -0.2) is 25.8 Å². The smallest absolute Gasteiger partial charge is 0.293 e. The van der Waals surface area contributed by atoms with E-state index in [4.69, 9.17) is 4.74 Å². The maximum absolute atomic E-state index is 9.64. The minimum atomic E-state index is 0.0141. The molecule has 0 aromatic heterocycles. The lowest BCUT2D eigenvalue weighted by Gasteiger charge is -2.08. The molecule has 0 bridgehead atoms. The molecule has 0 saturated carbocycles. The molecule has 1 unspecified atom stereocenters. The van der Waals surface area contributed by atoms with Gasteiger partial charge in [-0.05, 0) is 13.8 Å². The lowest BCUT2D eigenvalue weighted by atomic mass is 10.4. The molecule has 0 rings (SSSR count). The third-order valence-corrected chi connectivity index (χ3v) is 0.850. The zero-order valence-corrected chi connectivity index (χ0v) is 5.79. The molecule has 0 N–H and O–H groups in total. The molecule has 0 aromatic rings. The molecule has 0 heterocycles. The van der Waals surface area contributed by atoms with Gasteiger partial charge in [-0.2, -0.15) is 0 Å². The van der Waals surface area contributed by atoms with Crippen molar-refractivity contribution in [3.8, 4) is 0 Å². The molecule has 0 amide bonds. The van der Waals surface area contributed by atoms with Gasteiger partial charge >= 0.3 is 0 Å². The normalized spacial score (nSPS) is 12.7. The zero-order valence-electron chi connectivity index (χ0n) is 5.79. The molecule has 0 saturated heterocycles. The summed E-state index contributed by atoms with van der Waals surface area (Å²) in [6.45, 7) is 5.18. The summed E-state index contributed by atoms with van der Waals surface area (Å²) in [5, 5.41) is 0. The van der Waals surface area contributed by atoms with E-state index in [1.807, 2.05) is 13.8 Å². The summed E-state index contributed by atoms with van der Waals surface area (Å²) in [5.41, 5.74) is 0. The highest BCUT2D eigenvalue weighted by Crippen LogP contribution is 1.88. The molecule has 1 atom stereocenters. The van der Waals surface area contributed by atoms with Gasteiger partial charge in [-0.1, -0.05) is 0 Å². The van der Waals surface area contributed by atoms with Gasteiger partial charge in [-0.3, -0.25) is 4.79 Å². The molecule has 9 heavy (non-hydrogen) atoms. The minimum Gasteiger partial charge on any atom is -0.465 e. The molecule has 0 aliphatic carbocycles. The maximum Gasteiger partial charge on any atom is 0.293 e. The first kappa shape index (κ1) is 8.43. The third-order valence-electron chi connectivity index (χ3n) is 0.850. The summed E-state index contributed by atoms with van der Waals surface area (Å²) in [6, 6.07) is 0. The molecule has 0 aromatic carbocycles. The standard InChI is InChI=1S/C6H12O3/c1-3-9-6(2)4-8-5-7/h5-6H,3-4H2,1-2H3. The highest BCUT2D eigenvalue weighted by atomic mass is 16.6. The number of carbonyl (C=O) groups excluding carboxylic acids is 1.